The Morgan fingerprint density at radius 3 is 2.74 bits per heavy atom. The molecule has 2 N–H and O–H groups in total. The number of ether oxygens (including phenoxy) is 2. The first-order valence-electron chi connectivity index (χ1n) is 11.4. The standard InChI is InChI=1S/C23H37ClN4O2.HI/c1-25-23(26-10-5-13-30-18-19-8-14-29-15-9-19)27-17-22(28-11-2-3-12-28)20-6-4-7-21(24)16-20;/h4,6-7,16,19,22H,2-3,5,8-15,17-18H2,1H3,(H2,25,26,27);1H. The Balaban J connectivity index is 0.00000341. The molecule has 2 heterocycles. The van der Waals surface area contributed by atoms with Crippen molar-refractivity contribution in [2.75, 3.05) is 59.7 Å². The summed E-state index contributed by atoms with van der Waals surface area (Å²) in [4.78, 5) is 6.92. The summed E-state index contributed by atoms with van der Waals surface area (Å²) in [7, 11) is 1.82. The van der Waals surface area contributed by atoms with Gasteiger partial charge in [-0.15, -0.1) is 24.0 Å². The van der Waals surface area contributed by atoms with Crippen molar-refractivity contribution < 1.29 is 9.47 Å². The maximum Gasteiger partial charge on any atom is 0.191 e. The van der Waals surface area contributed by atoms with Gasteiger partial charge in [0, 0.05) is 51.6 Å². The van der Waals surface area contributed by atoms with Crippen LogP contribution in [0, 0.1) is 5.92 Å². The third-order valence-corrected chi connectivity index (χ3v) is 6.19. The minimum Gasteiger partial charge on any atom is -0.381 e. The Kier molecular flexibility index (Phi) is 13.1. The number of likely N-dealkylation sites (tertiary alicyclic amines) is 1. The van der Waals surface area contributed by atoms with Crippen LogP contribution in [0.5, 0.6) is 0 Å². The van der Waals surface area contributed by atoms with Gasteiger partial charge in [-0.1, -0.05) is 23.7 Å². The van der Waals surface area contributed by atoms with Gasteiger partial charge < -0.3 is 20.1 Å². The fourth-order valence-corrected chi connectivity index (χ4v) is 4.38. The Morgan fingerprint density at radius 2 is 2.03 bits per heavy atom. The highest BCUT2D eigenvalue weighted by atomic mass is 127. The van der Waals surface area contributed by atoms with Crippen LogP contribution in [-0.4, -0.2) is 70.5 Å². The van der Waals surface area contributed by atoms with Crippen LogP contribution in [0.15, 0.2) is 29.3 Å². The predicted molar refractivity (Wildman–Crippen MR) is 139 cm³/mol. The summed E-state index contributed by atoms with van der Waals surface area (Å²) in [5, 5.41) is 7.71. The van der Waals surface area contributed by atoms with Crippen LogP contribution in [0.2, 0.25) is 5.02 Å². The van der Waals surface area contributed by atoms with E-state index in [0.29, 0.717) is 12.0 Å². The summed E-state index contributed by atoms with van der Waals surface area (Å²) in [5.74, 6) is 1.50. The van der Waals surface area contributed by atoms with E-state index < -0.39 is 0 Å². The van der Waals surface area contributed by atoms with Gasteiger partial charge in [-0.05, 0) is 68.8 Å². The van der Waals surface area contributed by atoms with Crippen molar-refractivity contribution in [3.63, 3.8) is 0 Å². The number of aliphatic imine (C=N–C) groups is 1. The number of benzene rings is 1. The van der Waals surface area contributed by atoms with Crippen molar-refractivity contribution in [1.29, 1.82) is 0 Å². The third kappa shape index (κ3) is 9.42. The molecule has 3 rings (SSSR count). The summed E-state index contributed by atoms with van der Waals surface area (Å²) in [6, 6.07) is 8.52. The molecule has 31 heavy (non-hydrogen) atoms. The third-order valence-electron chi connectivity index (χ3n) is 5.95. The first kappa shape index (κ1) is 26.6. The summed E-state index contributed by atoms with van der Waals surface area (Å²) in [6.45, 7) is 7.31. The van der Waals surface area contributed by atoms with E-state index in [2.05, 4.69) is 32.7 Å². The van der Waals surface area contributed by atoms with Gasteiger partial charge >= 0.3 is 0 Å². The number of halogens is 2. The highest BCUT2D eigenvalue weighted by molar-refractivity contribution is 14.0. The number of hydrogen-bond acceptors (Lipinski definition) is 4. The number of nitrogens with one attached hydrogen (secondary N) is 2. The van der Waals surface area contributed by atoms with Gasteiger partial charge in [0.15, 0.2) is 5.96 Å². The van der Waals surface area contributed by atoms with Crippen molar-refractivity contribution in [3.8, 4) is 0 Å². The van der Waals surface area contributed by atoms with Gasteiger partial charge in [-0.2, -0.15) is 0 Å². The van der Waals surface area contributed by atoms with Crippen LogP contribution >= 0.6 is 35.6 Å². The first-order chi connectivity index (χ1) is 14.8. The Morgan fingerprint density at radius 1 is 1.26 bits per heavy atom. The second kappa shape index (κ2) is 15.3. The van der Waals surface area contributed by atoms with Crippen LogP contribution < -0.4 is 10.6 Å². The van der Waals surface area contributed by atoms with Gasteiger partial charge in [-0.3, -0.25) is 9.89 Å². The summed E-state index contributed by atoms with van der Waals surface area (Å²) in [5.41, 5.74) is 1.26. The van der Waals surface area contributed by atoms with E-state index in [0.717, 1.165) is 82.9 Å². The van der Waals surface area contributed by atoms with Crippen molar-refractivity contribution in [1.82, 2.24) is 15.5 Å². The number of hydrogen-bond donors (Lipinski definition) is 2. The minimum atomic E-state index is 0. The number of guanidine groups is 1. The number of nitrogens with zero attached hydrogens (tertiary/aromatic N) is 2. The summed E-state index contributed by atoms with van der Waals surface area (Å²) in [6.07, 6.45) is 5.74. The summed E-state index contributed by atoms with van der Waals surface area (Å²) < 4.78 is 11.2. The molecule has 6 nitrogen and oxygen atoms in total. The predicted octanol–water partition coefficient (Wildman–Crippen LogP) is 4.09. The van der Waals surface area contributed by atoms with Gasteiger partial charge in [0.25, 0.3) is 0 Å². The molecule has 2 aliphatic heterocycles. The molecule has 0 spiro atoms. The molecule has 0 bridgehead atoms. The molecular weight excluding hydrogens is 527 g/mol. The quantitative estimate of drug-likeness (QED) is 0.194. The first-order valence-corrected chi connectivity index (χ1v) is 11.7. The van der Waals surface area contributed by atoms with Crippen molar-refractivity contribution in [2.24, 2.45) is 10.9 Å². The van der Waals surface area contributed by atoms with Crippen LogP contribution in [0.4, 0.5) is 0 Å². The molecule has 1 atom stereocenters. The molecular formula is C23H38ClIN4O2. The van der Waals surface area contributed by atoms with Crippen LogP contribution in [-0.2, 0) is 9.47 Å². The molecule has 2 aliphatic rings. The SMILES string of the molecule is CN=C(NCCCOCC1CCOCC1)NCC(c1cccc(Cl)c1)N1CCCC1.I. The van der Waals surface area contributed by atoms with Crippen molar-refractivity contribution in [3.05, 3.63) is 34.9 Å². The molecule has 176 valence electrons. The average Bonchev–Trinajstić information content (AvgIpc) is 3.30. The number of rotatable bonds is 10. The molecule has 1 aromatic rings. The lowest BCUT2D eigenvalue weighted by atomic mass is 10.0. The van der Waals surface area contributed by atoms with E-state index >= 15 is 0 Å². The van der Waals surface area contributed by atoms with E-state index in [-0.39, 0.29) is 24.0 Å². The van der Waals surface area contributed by atoms with Gasteiger partial charge in [0.1, 0.15) is 0 Å². The fraction of sp³-hybridized carbons (Fsp3) is 0.696. The lowest BCUT2D eigenvalue weighted by Gasteiger charge is -2.29. The normalized spacial score (nSPS) is 19.1. The lowest BCUT2D eigenvalue weighted by Crippen LogP contribution is -2.43. The highest BCUT2D eigenvalue weighted by Gasteiger charge is 2.23. The molecule has 8 heteroatoms. The molecule has 1 aromatic carbocycles. The largest absolute Gasteiger partial charge is 0.381 e. The highest BCUT2D eigenvalue weighted by Crippen LogP contribution is 2.26. The molecule has 0 amide bonds. The molecule has 0 radical (unpaired) electrons. The van der Waals surface area contributed by atoms with E-state index in [1.54, 1.807) is 0 Å². The second-order valence-corrected chi connectivity index (χ2v) is 8.61. The lowest BCUT2D eigenvalue weighted by molar-refractivity contribution is 0.0203. The molecule has 2 saturated heterocycles. The maximum absolute atomic E-state index is 6.25. The average molecular weight is 565 g/mol. The van der Waals surface area contributed by atoms with Gasteiger partial charge in [0.2, 0.25) is 0 Å². The zero-order valence-electron chi connectivity index (χ0n) is 18.7. The van der Waals surface area contributed by atoms with E-state index in [1.807, 2.05) is 19.2 Å². The topological polar surface area (TPSA) is 58.1 Å². The van der Waals surface area contributed by atoms with Gasteiger partial charge in [0.05, 0.1) is 6.04 Å². The Bertz CT molecular complexity index is 652. The summed E-state index contributed by atoms with van der Waals surface area (Å²) >= 11 is 6.25. The molecule has 0 aromatic heterocycles. The zero-order valence-corrected chi connectivity index (χ0v) is 21.7. The monoisotopic (exact) mass is 564 g/mol. The zero-order chi connectivity index (χ0) is 21.0. The molecule has 1 unspecified atom stereocenters. The molecule has 0 saturated carbocycles. The molecule has 2 fully saturated rings. The van der Waals surface area contributed by atoms with Gasteiger partial charge in [-0.25, -0.2) is 0 Å². The van der Waals surface area contributed by atoms with E-state index in [1.165, 1.54) is 18.4 Å². The minimum absolute atomic E-state index is 0. The van der Waals surface area contributed by atoms with E-state index in [9.17, 15) is 0 Å². The second-order valence-electron chi connectivity index (χ2n) is 8.18. The maximum atomic E-state index is 6.25. The van der Waals surface area contributed by atoms with Crippen molar-refractivity contribution >= 4 is 41.5 Å². The molecule has 0 aliphatic carbocycles. The fourth-order valence-electron chi connectivity index (χ4n) is 4.18. The van der Waals surface area contributed by atoms with Crippen LogP contribution in [0.1, 0.15) is 43.7 Å². The van der Waals surface area contributed by atoms with Crippen molar-refractivity contribution in [2.45, 2.75) is 38.1 Å². The van der Waals surface area contributed by atoms with E-state index in [4.69, 9.17) is 21.1 Å². The smallest absolute Gasteiger partial charge is 0.191 e. The van der Waals surface area contributed by atoms with Crippen LogP contribution in [0.25, 0.3) is 0 Å². The Hall–Kier alpha value is -0.610. The Labute approximate surface area is 209 Å². The van der Waals surface area contributed by atoms with Crippen LogP contribution in [0.3, 0.4) is 0 Å².